The molecule has 0 amide bonds. The molecule has 0 aliphatic heterocycles. The number of ether oxygens (including phenoxy) is 1. The molecule has 1 aromatic rings. The molecule has 0 aliphatic carbocycles. The fraction of sp³-hybridized carbons (Fsp3) is 0.455. The van der Waals surface area contributed by atoms with Crippen LogP contribution < -0.4 is 5.32 Å². The molecule has 2 N–H and O–H groups in total. The number of benzene rings is 1. The van der Waals surface area contributed by atoms with Gasteiger partial charge in [-0.2, -0.15) is 0 Å². The van der Waals surface area contributed by atoms with Crippen LogP contribution in [0.1, 0.15) is 5.56 Å². The molecule has 5 heteroatoms. The van der Waals surface area contributed by atoms with E-state index in [1.165, 1.54) is 5.56 Å². The van der Waals surface area contributed by atoms with E-state index in [-0.39, 0.29) is 6.61 Å². The second-order valence-corrected chi connectivity index (χ2v) is 5.07. The van der Waals surface area contributed by atoms with Gasteiger partial charge in [0.25, 0.3) is 0 Å². The van der Waals surface area contributed by atoms with Crippen LogP contribution in [0.15, 0.2) is 21.1 Å². The Hall–Kier alpha value is -0.100. The maximum atomic E-state index is 8.54. The first-order valence-corrected chi connectivity index (χ1v) is 6.62. The lowest BCUT2D eigenvalue weighted by molar-refractivity contribution is 0.0992. The summed E-state index contributed by atoms with van der Waals surface area (Å²) < 4.78 is 7.22. The summed E-state index contributed by atoms with van der Waals surface area (Å²) in [7, 11) is 0. The van der Waals surface area contributed by atoms with E-state index in [0.29, 0.717) is 19.8 Å². The van der Waals surface area contributed by atoms with Crippen LogP contribution >= 0.6 is 31.9 Å². The fourth-order valence-electron chi connectivity index (χ4n) is 1.28. The van der Waals surface area contributed by atoms with Crippen LogP contribution in [-0.4, -0.2) is 31.5 Å². The van der Waals surface area contributed by atoms with Gasteiger partial charge in [-0.1, -0.05) is 0 Å². The molecule has 1 aromatic carbocycles. The summed E-state index contributed by atoms with van der Waals surface area (Å²) in [5.41, 5.74) is 2.22. The van der Waals surface area contributed by atoms with Gasteiger partial charge in [0.15, 0.2) is 0 Å². The Labute approximate surface area is 112 Å². The van der Waals surface area contributed by atoms with Crippen molar-refractivity contribution in [1.82, 2.24) is 0 Å². The Balaban J connectivity index is 2.47. The maximum Gasteiger partial charge on any atom is 0.0698 e. The van der Waals surface area contributed by atoms with Crippen molar-refractivity contribution >= 4 is 37.5 Å². The summed E-state index contributed by atoms with van der Waals surface area (Å²) in [6.45, 7) is 3.78. The van der Waals surface area contributed by atoms with Gasteiger partial charge in [-0.15, -0.1) is 0 Å². The number of anilines is 1. The van der Waals surface area contributed by atoms with Gasteiger partial charge in [0.1, 0.15) is 0 Å². The highest BCUT2D eigenvalue weighted by atomic mass is 79.9. The van der Waals surface area contributed by atoms with Crippen molar-refractivity contribution in [2.45, 2.75) is 6.92 Å². The summed E-state index contributed by atoms with van der Waals surface area (Å²) in [4.78, 5) is 0. The zero-order chi connectivity index (χ0) is 12.0. The van der Waals surface area contributed by atoms with Crippen molar-refractivity contribution in [3.05, 3.63) is 26.6 Å². The van der Waals surface area contributed by atoms with Crippen molar-refractivity contribution in [3.63, 3.8) is 0 Å². The number of hydrogen-bond donors (Lipinski definition) is 2. The minimum Gasteiger partial charge on any atom is -0.394 e. The second kappa shape index (κ2) is 7.27. The molecule has 0 unspecified atom stereocenters. The van der Waals surface area contributed by atoms with Crippen LogP contribution in [-0.2, 0) is 4.74 Å². The summed E-state index contributed by atoms with van der Waals surface area (Å²) in [6, 6.07) is 4.11. The first kappa shape index (κ1) is 14.0. The molecule has 0 radical (unpaired) electrons. The van der Waals surface area contributed by atoms with E-state index < -0.39 is 0 Å². The minimum atomic E-state index is 0.0674. The highest BCUT2D eigenvalue weighted by molar-refractivity contribution is 9.11. The standard InChI is InChI=1S/C11H15Br2NO2/c1-8-6-9(12)11(10(13)7-8)14-2-4-16-5-3-15/h6-7,14-15H,2-5H2,1H3. The van der Waals surface area contributed by atoms with Crippen molar-refractivity contribution in [3.8, 4) is 0 Å². The summed E-state index contributed by atoms with van der Waals surface area (Å²) >= 11 is 7.01. The van der Waals surface area contributed by atoms with Gasteiger partial charge in [0, 0.05) is 15.5 Å². The smallest absolute Gasteiger partial charge is 0.0698 e. The first-order valence-electron chi connectivity index (χ1n) is 5.03. The Kier molecular flexibility index (Phi) is 6.34. The van der Waals surface area contributed by atoms with Crippen LogP contribution in [0.25, 0.3) is 0 Å². The molecule has 3 nitrogen and oxygen atoms in total. The van der Waals surface area contributed by atoms with Crippen molar-refractivity contribution in [2.75, 3.05) is 31.7 Å². The third kappa shape index (κ3) is 4.41. The fourth-order valence-corrected chi connectivity index (χ4v) is 2.98. The lowest BCUT2D eigenvalue weighted by Gasteiger charge is -2.11. The summed E-state index contributed by atoms with van der Waals surface area (Å²) in [5, 5.41) is 11.8. The molecule has 0 aliphatic rings. The van der Waals surface area contributed by atoms with Gasteiger partial charge < -0.3 is 15.2 Å². The second-order valence-electron chi connectivity index (χ2n) is 3.37. The quantitative estimate of drug-likeness (QED) is 0.773. The molecule has 0 bridgehead atoms. The SMILES string of the molecule is Cc1cc(Br)c(NCCOCCO)c(Br)c1. The molecule has 0 spiro atoms. The third-order valence-corrected chi connectivity index (χ3v) is 3.22. The van der Waals surface area contributed by atoms with Gasteiger partial charge in [0.2, 0.25) is 0 Å². The molecular formula is C11H15Br2NO2. The van der Waals surface area contributed by atoms with E-state index in [0.717, 1.165) is 14.6 Å². The molecule has 90 valence electrons. The molecular weight excluding hydrogens is 338 g/mol. The number of nitrogens with one attached hydrogen (secondary N) is 1. The Morgan fingerprint density at radius 2 is 1.88 bits per heavy atom. The molecule has 0 atom stereocenters. The molecule has 0 saturated carbocycles. The maximum absolute atomic E-state index is 8.54. The molecule has 0 fully saturated rings. The Bertz CT molecular complexity index is 322. The third-order valence-electron chi connectivity index (χ3n) is 1.97. The Morgan fingerprint density at radius 3 is 2.44 bits per heavy atom. The van der Waals surface area contributed by atoms with E-state index in [2.05, 4.69) is 49.3 Å². The predicted molar refractivity (Wildman–Crippen MR) is 73.0 cm³/mol. The molecule has 0 saturated heterocycles. The van der Waals surface area contributed by atoms with Crippen LogP contribution in [0.5, 0.6) is 0 Å². The normalized spacial score (nSPS) is 10.5. The highest BCUT2D eigenvalue weighted by Gasteiger charge is 2.05. The monoisotopic (exact) mass is 351 g/mol. The molecule has 1 rings (SSSR count). The van der Waals surface area contributed by atoms with Gasteiger partial charge in [-0.05, 0) is 56.5 Å². The van der Waals surface area contributed by atoms with Crippen LogP contribution in [0.2, 0.25) is 0 Å². The van der Waals surface area contributed by atoms with E-state index in [4.69, 9.17) is 9.84 Å². The highest BCUT2D eigenvalue weighted by Crippen LogP contribution is 2.31. The van der Waals surface area contributed by atoms with Crippen molar-refractivity contribution in [2.24, 2.45) is 0 Å². The first-order chi connectivity index (χ1) is 7.65. The van der Waals surface area contributed by atoms with Gasteiger partial charge in [-0.25, -0.2) is 0 Å². The lowest BCUT2D eigenvalue weighted by Crippen LogP contribution is -2.12. The van der Waals surface area contributed by atoms with Gasteiger partial charge in [0.05, 0.1) is 25.5 Å². The lowest BCUT2D eigenvalue weighted by atomic mass is 10.2. The van der Waals surface area contributed by atoms with Gasteiger partial charge in [-0.3, -0.25) is 0 Å². The topological polar surface area (TPSA) is 41.5 Å². The number of aliphatic hydroxyl groups excluding tert-OH is 1. The predicted octanol–water partition coefficient (Wildman–Crippen LogP) is 2.94. The number of halogens is 2. The number of aryl methyl sites for hydroxylation is 1. The molecule has 0 heterocycles. The van der Waals surface area contributed by atoms with Crippen LogP contribution in [0.4, 0.5) is 5.69 Å². The average molecular weight is 353 g/mol. The van der Waals surface area contributed by atoms with Gasteiger partial charge >= 0.3 is 0 Å². The van der Waals surface area contributed by atoms with E-state index >= 15 is 0 Å². The van der Waals surface area contributed by atoms with Crippen LogP contribution in [0, 0.1) is 6.92 Å². The Morgan fingerprint density at radius 1 is 1.25 bits per heavy atom. The number of rotatable bonds is 6. The minimum absolute atomic E-state index is 0.0674. The zero-order valence-corrected chi connectivity index (χ0v) is 12.3. The largest absolute Gasteiger partial charge is 0.394 e. The number of aliphatic hydroxyl groups is 1. The van der Waals surface area contributed by atoms with Crippen LogP contribution in [0.3, 0.4) is 0 Å². The van der Waals surface area contributed by atoms with E-state index in [9.17, 15) is 0 Å². The van der Waals surface area contributed by atoms with Crippen molar-refractivity contribution < 1.29 is 9.84 Å². The summed E-state index contributed by atoms with van der Waals surface area (Å²) in [6.07, 6.45) is 0. The van der Waals surface area contributed by atoms with E-state index in [1.54, 1.807) is 0 Å². The zero-order valence-electron chi connectivity index (χ0n) is 9.09. The van der Waals surface area contributed by atoms with E-state index in [1.807, 2.05) is 6.92 Å². The van der Waals surface area contributed by atoms with Crippen molar-refractivity contribution in [1.29, 1.82) is 0 Å². The average Bonchev–Trinajstić information content (AvgIpc) is 2.20. The summed E-state index contributed by atoms with van der Waals surface area (Å²) in [5.74, 6) is 0. The molecule has 0 aromatic heterocycles. The number of hydrogen-bond acceptors (Lipinski definition) is 3. The molecule has 16 heavy (non-hydrogen) atoms.